The SMILES string of the molecule is Cc1c(Cl)nc(C2CC2)nc1-c1ccc2c(c1)OCCO2. The second-order valence-corrected chi connectivity index (χ2v) is 5.84. The van der Waals surface area contributed by atoms with Gasteiger partial charge in [0.05, 0.1) is 5.69 Å². The van der Waals surface area contributed by atoms with E-state index < -0.39 is 0 Å². The standard InChI is InChI=1S/C16H15ClN2O2/c1-9-14(18-16(10-2-3-10)19-15(9)17)11-4-5-12-13(8-11)21-7-6-20-12/h4-5,8,10H,2-3,6-7H2,1H3. The first-order valence-electron chi connectivity index (χ1n) is 7.16. The Balaban J connectivity index is 1.82. The van der Waals surface area contributed by atoms with Crippen molar-refractivity contribution in [3.05, 3.63) is 34.7 Å². The maximum atomic E-state index is 6.28. The van der Waals surface area contributed by atoms with Gasteiger partial charge in [-0.2, -0.15) is 0 Å². The van der Waals surface area contributed by atoms with Crippen molar-refractivity contribution in [2.75, 3.05) is 13.2 Å². The highest BCUT2D eigenvalue weighted by molar-refractivity contribution is 6.30. The Morgan fingerprint density at radius 2 is 1.86 bits per heavy atom. The van der Waals surface area contributed by atoms with Gasteiger partial charge in [0.15, 0.2) is 11.5 Å². The topological polar surface area (TPSA) is 44.2 Å². The average molecular weight is 303 g/mol. The quantitative estimate of drug-likeness (QED) is 0.792. The summed E-state index contributed by atoms with van der Waals surface area (Å²) in [4.78, 5) is 9.13. The number of hydrogen-bond donors (Lipinski definition) is 0. The Kier molecular flexibility index (Phi) is 3.00. The van der Waals surface area contributed by atoms with Crippen molar-refractivity contribution >= 4 is 11.6 Å². The van der Waals surface area contributed by atoms with Gasteiger partial charge in [-0.15, -0.1) is 0 Å². The summed E-state index contributed by atoms with van der Waals surface area (Å²) in [5.41, 5.74) is 2.77. The summed E-state index contributed by atoms with van der Waals surface area (Å²) in [6.07, 6.45) is 2.31. The maximum absolute atomic E-state index is 6.28. The first kappa shape index (κ1) is 12.9. The molecule has 0 N–H and O–H groups in total. The van der Waals surface area contributed by atoms with E-state index in [1.54, 1.807) is 0 Å². The van der Waals surface area contributed by atoms with Gasteiger partial charge in [-0.3, -0.25) is 0 Å². The third kappa shape index (κ3) is 2.33. The Morgan fingerprint density at radius 1 is 1.10 bits per heavy atom. The molecule has 0 atom stereocenters. The molecule has 1 aromatic heterocycles. The number of rotatable bonds is 2. The smallest absolute Gasteiger partial charge is 0.162 e. The average Bonchev–Trinajstić information content (AvgIpc) is 3.34. The highest BCUT2D eigenvalue weighted by Gasteiger charge is 2.28. The monoisotopic (exact) mass is 302 g/mol. The predicted molar refractivity (Wildman–Crippen MR) is 80.2 cm³/mol. The van der Waals surface area contributed by atoms with Gasteiger partial charge in [0.25, 0.3) is 0 Å². The van der Waals surface area contributed by atoms with Gasteiger partial charge in [-0.25, -0.2) is 9.97 Å². The van der Waals surface area contributed by atoms with E-state index in [-0.39, 0.29) is 0 Å². The van der Waals surface area contributed by atoms with Gasteiger partial charge >= 0.3 is 0 Å². The Labute approximate surface area is 128 Å². The molecule has 108 valence electrons. The molecule has 1 saturated carbocycles. The van der Waals surface area contributed by atoms with Crippen LogP contribution in [-0.2, 0) is 0 Å². The molecule has 0 saturated heterocycles. The fraction of sp³-hybridized carbons (Fsp3) is 0.375. The summed E-state index contributed by atoms with van der Waals surface area (Å²) in [6, 6.07) is 5.89. The van der Waals surface area contributed by atoms with Crippen molar-refractivity contribution in [3.63, 3.8) is 0 Å². The first-order chi connectivity index (χ1) is 10.2. The van der Waals surface area contributed by atoms with Crippen LogP contribution >= 0.6 is 11.6 Å². The fourth-order valence-electron chi connectivity index (χ4n) is 2.50. The molecular formula is C16H15ClN2O2. The maximum Gasteiger partial charge on any atom is 0.162 e. The lowest BCUT2D eigenvalue weighted by Crippen LogP contribution is -2.15. The van der Waals surface area contributed by atoms with Gasteiger partial charge in [0, 0.05) is 17.0 Å². The van der Waals surface area contributed by atoms with Gasteiger partial charge in [-0.05, 0) is 38.0 Å². The molecule has 2 aromatic rings. The van der Waals surface area contributed by atoms with Crippen LogP contribution < -0.4 is 9.47 Å². The molecule has 21 heavy (non-hydrogen) atoms. The van der Waals surface area contributed by atoms with Crippen molar-refractivity contribution in [2.24, 2.45) is 0 Å². The predicted octanol–water partition coefficient (Wildman–Crippen LogP) is 3.75. The summed E-state index contributed by atoms with van der Waals surface area (Å²) in [5, 5.41) is 0.539. The lowest BCUT2D eigenvalue weighted by atomic mass is 10.1. The van der Waals surface area contributed by atoms with E-state index >= 15 is 0 Å². The number of ether oxygens (including phenoxy) is 2. The zero-order valence-electron chi connectivity index (χ0n) is 11.7. The van der Waals surface area contributed by atoms with Gasteiger partial charge in [0.2, 0.25) is 0 Å². The van der Waals surface area contributed by atoms with Crippen LogP contribution in [0.4, 0.5) is 0 Å². The lowest BCUT2D eigenvalue weighted by molar-refractivity contribution is 0.171. The molecule has 0 spiro atoms. The molecule has 5 heteroatoms. The number of aromatic nitrogens is 2. The van der Waals surface area contributed by atoms with E-state index in [9.17, 15) is 0 Å². The number of halogens is 1. The van der Waals surface area contributed by atoms with E-state index in [4.69, 9.17) is 26.1 Å². The summed E-state index contributed by atoms with van der Waals surface area (Å²) in [7, 11) is 0. The minimum atomic E-state index is 0.471. The lowest BCUT2D eigenvalue weighted by Gasteiger charge is -2.19. The van der Waals surface area contributed by atoms with E-state index in [0.29, 0.717) is 24.3 Å². The highest BCUT2D eigenvalue weighted by atomic mass is 35.5. The number of fused-ring (bicyclic) bond motifs is 1. The summed E-state index contributed by atoms with van der Waals surface area (Å²) < 4.78 is 11.2. The van der Waals surface area contributed by atoms with Gasteiger partial charge < -0.3 is 9.47 Å². The number of benzene rings is 1. The largest absolute Gasteiger partial charge is 0.486 e. The van der Waals surface area contributed by atoms with Gasteiger partial charge in [-0.1, -0.05) is 11.6 Å². The van der Waals surface area contributed by atoms with Crippen molar-refractivity contribution in [1.82, 2.24) is 9.97 Å². The molecule has 0 unspecified atom stereocenters. The van der Waals surface area contributed by atoms with E-state index in [1.807, 2.05) is 25.1 Å². The van der Waals surface area contributed by atoms with Crippen LogP contribution in [0.2, 0.25) is 5.15 Å². The van der Waals surface area contributed by atoms with E-state index in [0.717, 1.165) is 47.0 Å². The van der Waals surface area contributed by atoms with E-state index in [2.05, 4.69) is 4.98 Å². The minimum absolute atomic E-state index is 0.471. The molecule has 1 aliphatic heterocycles. The number of hydrogen-bond acceptors (Lipinski definition) is 4. The van der Waals surface area contributed by atoms with Crippen LogP contribution in [0.15, 0.2) is 18.2 Å². The molecule has 2 aliphatic rings. The molecule has 1 aromatic carbocycles. The Morgan fingerprint density at radius 3 is 2.62 bits per heavy atom. The van der Waals surface area contributed by atoms with Gasteiger partial charge in [0.1, 0.15) is 24.2 Å². The van der Waals surface area contributed by atoms with Crippen molar-refractivity contribution < 1.29 is 9.47 Å². The summed E-state index contributed by atoms with van der Waals surface area (Å²) >= 11 is 6.28. The van der Waals surface area contributed by atoms with Crippen LogP contribution in [0.3, 0.4) is 0 Å². The number of nitrogens with zero attached hydrogens (tertiary/aromatic N) is 2. The molecule has 4 nitrogen and oxygen atoms in total. The molecule has 0 radical (unpaired) electrons. The van der Waals surface area contributed by atoms with Crippen molar-refractivity contribution in [1.29, 1.82) is 0 Å². The van der Waals surface area contributed by atoms with E-state index in [1.165, 1.54) is 0 Å². The molecule has 0 bridgehead atoms. The summed E-state index contributed by atoms with van der Waals surface area (Å²) in [5.74, 6) is 2.88. The molecular weight excluding hydrogens is 288 g/mol. The Bertz CT molecular complexity index is 714. The summed E-state index contributed by atoms with van der Waals surface area (Å²) in [6.45, 7) is 3.12. The van der Waals surface area contributed by atoms with Crippen LogP contribution in [0.25, 0.3) is 11.3 Å². The molecule has 0 amide bonds. The molecule has 4 rings (SSSR count). The van der Waals surface area contributed by atoms with Crippen molar-refractivity contribution in [2.45, 2.75) is 25.7 Å². The normalized spacial score (nSPS) is 16.9. The molecule has 1 aliphatic carbocycles. The second kappa shape index (κ2) is 4.88. The second-order valence-electron chi connectivity index (χ2n) is 5.48. The molecule has 1 fully saturated rings. The third-order valence-corrected chi connectivity index (χ3v) is 4.23. The van der Waals surface area contributed by atoms with Crippen LogP contribution in [0.1, 0.15) is 30.1 Å². The first-order valence-corrected chi connectivity index (χ1v) is 7.54. The zero-order chi connectivity index (χ0) is 14.4. The zero-order valence-corrected chi connectivity index (χ0v) is 12.5. The molecule has 2 heterocycles. The fourth-order valence-corrected chi connectivity index (χ4v) is 2.68. The van der Waals surface area contributed by atoms with Crippen LogP contribution in [0.5, 0.6) is 11.5 Å². The van der Waals surface area contributed by atoms with Crippen LogP contribution in [0, 0.1) is 6.92 Å². The highest BCUT2D eigenvalue weighted by Crippen LogP contribution is 2.41. The minimum Gasteiger partial charge on any atom is -0.486 e. The Hall–Kier alpha value is -1.81. The third-order valence-electron chi connectivity index (χ3n) is 3.86. The van der Waals surface area contributed by atoms with Crippen molar-refractivity contribution in [3.8, 4) is 22.8 Å². The van der Waals surface area contributed by atoms with Crippen LogP contribution in [-0.4, -0.2) is 23.2 Å².